The number of alkyl halides is 1. The SMILES string of the molecule is BrCc1ccccc1.CC1=Nc2c(Br)cc(-c3c(C)noc3C)cc2C1.CCOC(C)(OCC)OCC.Cc1noc(C)c1-c1cc(Br)c(N)c([N+](=O)[O-])c1.Cc1noc(C)c1-c1cc(Br)c2nc(C)n(Cc3ccccc3)c2c1.Cc1noc(C)c1-c1cc(N)c(N)c(Br)c1.O=S(=O)=S(=O)=O.[Na][Na]. The van der Waals surface area contributed by atoms with E-state index in [1.165, 1.54) is 66.4 Å². The third kappa shape index (κ3) is 24.5. The number of nitro benzene ring substituents is 1. The van der Waals surface area contributed by atoms with Crippen molar-refractivity contribution in [2.24, 2.45) is 4.99 Å². The number of imidazole rings is 1. The molecule has 5 aromatic heterocycles. The molecule has 0 spiro atoms. The van der Waals surface area contributed by atoms with Crippen LogP contribution < -0.4 is 17.2 Å². The summed E-state index contributed by atoms with van der Waals surface area (Å²) in [6.07, 6.45) is 0.922. The topological polar surface area (TPSA) is 351 Å². The van der Waals surface area contributed by atoms with Gasteiger partial charge in [0.15, 0.2) is 0 Å². The molecule has 12 rings (SSSR count). The molecule has 0 bridgehead atoms. The molecule has 0 saturated heterocycles. The van der Waals surface area contributed by atoms with E-state index in [4.69, 9.17) is 71.3 Å². The van der Waals surface area contributed by atoms with E-state index in [-0.39, 0.29) is 11.4 Å². The summed E-state index contributed by atoms with van der Waals surface area (Å²) in [5.74, 6) is 3.21. The molecule has 1 aliphatic rings. The number of rotatable bonds is 14. The molecular weight excluding hydrogens is 1720 g/mol. The maximum absolute atomic E-state index is 10.9. The number of hydrogen-bond donors (Lipinski definition) is 3. The molecule has 0 aliphatic carbocycles. The van der Waals surface area contributed by atoms with Crippen LogP contribution in [0, 0.1) is 72.4 Å². The molecule has 0 fully saturated rings. The number of ether oxygens (including phenoxy) is 3. The van der Waals surface area contributed by atoms with Crippen LogP contribution in [0.15, 0.2) is 150 Å². The van der Waals surface area contributed by atoms with E-state index in [0.717, 1.165) is 133 Å². The fraction of sp³-hybridized carbons (Fsp3) is 0.296. The first-order valence-electron chi connectivity index (χ1n) is 32.4. The molecule has 544 valence electrons. The second-order valence-electron chi connectivity index (χ2n) is 22.6. The van der Waals surface area contributed by atoms with Gasteiger partial charge < -0.3 is 54.1 Å². The predicted octanol–water partition coefficient (Wildman–Crippen LogP) is 18.1. The Morgan fingerprint density at radius 3 is 1.32 bits per heavy atom. The van der Waals surface area contributed by atoms with Gasteiger partial charge in [-0.3, -0.25) is 15.1 Å². The molecule has 24 nitrogen and oxygen atoms in total. The molecule has 6 N–H and O–H groups in total. The normalized spacial score (nSPS) is 11.0. The van der Waals surface area contributed by atoms with Gasteiger partial charge >= 0.3 is 62.1 Å². The Hall–Kier alpha value is -5.98. The van der Waals surface area contributed by atoms with Gasteiger partial charge in [-0.1, -0.05) is 97.2 Å². The van der Waals surface area contributed by atoms with Crippen LogP contribution in [0.1, 0.15) is 103 Å². The fourth-order valence-corrected chi connectivity index (χ4v) is 13.1. The second-order valence-corrected chi connectivity index (χ2v) is 29.1. The Labute approximate surface area is 677 Å². The molecule has 6 aromatic carbocycles. The van der Waals surface area contributed by atoms with E-state index in [1.807, 2.05) is 106 Å². The maximum atomic E-state index is 10.9. The van der Waals surface area contributed by atoms with Gasteiger partial charge in [0.2, 0.25) is 0 Å². The number of halogens is 5. The molecule has 0 amide bonds. The number of aliphatic imine (C=N–C) groups is 1. The third-order valence-corrected chi connectivity index (χ3v) is 19.2. The van der Waals surface area contributed by atoms with E-state index < -0.39 is 29.4 Å². The Morgan fingerprint density at radius 1 is 0.558 bits per heavy atom. The number of fused-ring (bicyclic) bond motifs is 2. The van der Waals surface area contributed by atoms with Crippen LogP contribution in [0.4, 0.5) is 28.4 Å². The predicted molar refractivity (Wildman–Crippen MR) is 428 cm³/mol. The quantitative estimate of drug-likeness (QED) is 0.0227. The summed E-state index contributed by atoms with van der Waals surface area (Å²) in [4.78, 5) is 19.7. The average molecular weight is 1800 g/mol. The first-order chi connectivity index (χ1) is 49.3. The summed E-state index contributed by atoms with van der Waals surface area (Å²) < 4.78 is 78.4. The van der Waals surface area contributed by atoms with Crippen molar-refractivity contribution in [2.75, 3.05) is 37.0 Å². The molecule has 1 aliphatic heterocycles. The average Bonchev–Trinajstić information content (AvgIpc) is 1.61. The Morgan fingerprint density at radius 2 is 0.942 bits per heavy atom. The van der Waals surface area contributed by atoms with Gasteiger partial charge in [0.25, 0.3) is 11.7 Å². The van der Waals surface area contributed by atoms with Crippen molar-refractivity contribution in [1.29, 1.82) is 0 Å². The van der Waals surface area contributed by atoms with Crippen molar-refractivity contribution in [1.82, 2.24) is 30.2 Å². The molecular formula is C71H78Br5N11Na2O13S2. The molecule has 0 unspecified atom stereocenters. The van der Waals surface area contributed by atoms with E-state index in [0.29, 0.717) is 52.7 Å². The van der Waals surface area contributed by atoms with Crippen molar-refractivity contribution in [3.63, 3.8) is 0 Å². The van der Waals surface area contributed by atoms with Gasteiger partial charge in [-0.25, -0.2) is 4.98 Å². The number of nitrogen functional groups attached to an aromatic ring is 3. The van der Waals surface area contributed by atoms with Gasteiger partial charge in [0.1, 0.15) is 40.1 Å². The molecule has 0 atom stereocenters. The van der Waals surface area contributed by atoms with Crippen LogP contribution in [0.25, 0.3) is 55.5 Å². The summed E-state index contributed by atoms with van der Waals surface area (Å²) in [6.45, 7) is 29.3. The zero-order valence-electron chi connectivity index (χ0n) is 60.5. The minimum atomic E-state index is -2.95. The number of benzene rings is 6. The van der Waals surface area contributed by atoms with Crippen molar-refractivity contribution in [3.8, 4) is 44.5 Å². The van der Waals surface area contributed by atoms with Crippen molar-refractivity contribution < 1.29 is 54.1 Å². The van der Waals surface area contributed by atoms with Gasteiger partial charge in [0.05, 0.1) is 50.3 Å². The van der Waals surface area contributed by atoms with Gasteiger partial charge in [0, 0.05) is 97.0 Å². The number of aromatic nitrogens is 6. The van der Waals surface area contributed by atoms with Gasteiger partial charge in [-0.15, -0.1) is 0 Å². The minimum absolute atomic E-state index is 0.107. The van der Waals surface area contributed by atoms with Gasteiger partial charge in [-0.2, -0.15) is 16.8 Å². The molecule has 33 heteroatoms. The van der Waals surface area contributed by atoms with Crippen LogP contribution in [0.3, 0.4) is 0 Å². The monoisotopic (exact) mass is 1800 g/mol. The van der Waals surface area contributed by atoms with E-state index in [1.54, 1.807) is 26.8 Å². The standard InChI is InChI=1S/C20H18BrN3O.C14H13BrN2O.C11H10BrN3O3.C11H12BrN3O.C8H18O3.C7H7Br.2Na.O4S2/c1-12-19(13(2)25-23-12)16-9-17(21)20-18(10-16)24(14(3)22-20)11-15-7-5-4-6-8-15;1-7-4-11-5-10(6-12(15)14(11)16-7)13-8(2)17-18-9(13)3;1-5-10(6(2)18-14-5)7-3-8(12)11(13)9(4-7)15(16)17;1-5-10(6(2)16-15-5)7-3-8(12)11(14)9(13)4-7;1-5-9-8(4,10-6-2)11-7-3;8-6-7-4-2-1-3-5-7;;;1-5(2)6(3)4/h4-10H,11H2,1-3H3;5-6H,4H2,1-3H3;3-4H,13H2,1-2H3;3-4H,13-14H2,1-2H3;5-7H2,1-4H3;1-5H,6H2;;;. The van der Waals surface area contributed by atoms with E-state index >= 15 is 0 Å². The Bertz CT molecular complexity index is 4890. The molecule has 6 heterocycles. The van der Waals surface area contributed by atoms with E-state index in [9.17, 15) is 10.1 Å². The number of anilines is 3. The van der Waals surface area contributed by atoms with Crippen molar-refractivity contribution >= 4 is 187 Å². The zero-order chi connectivity index (χ0) is 77.4. The number of nitrogens with zero attached hydrogens (tertiary/aromatic N) is 8. The van der Waals surface area contributed by atoms with E-state index in [2.05, 4.69) is 177 Å². The van der Waals surface area contributed by atoms with Crippen LogP contribution in [0.5, 0.6) is 0 Å². The van der Waals surface area contributed by atoms with Crippen LogP contribution >= 0.6 is 79.6 Å². The number of aryl methyl sites for hydroxylation is 9. The molecule has 0 saturated carbocycles. The second kappa shape index (κ2) is 42.5. The fourth-order valence-electron chi connectivity index (χ4n) is 10.7. The zero-order valence-corrected chi connectivity index (χ0v) is 74.0. The molecule has 0 radical (unpaired) electrons. The number of nitrogens with two attached hydrogens (primary N) is 3. The third-order valence-electron chi connectivity index (χ3n) is 15.2. The molecule has 11 aromatic rings. The van der Waals surface area contributed by atoms with Crippen molar-refractivity contribution in [3.05, 3.63) is 206 Å². The summed E-state index contributed by atoms with van der Waals surface area (Å²) in [5.41, 5.74) is 37.5. The molecule has 104 heavy (non-hydrogen) atoms. The van der Waals surface area contributed by atoms with Crippen LogP contribution in [-0.4, -0.2) is 127 Å². The summed E-state index contributed by atoms with van der Waals surface area (Å²) in [5, 5.41) is 27.7. The summed E-state index contributed by atoms with van der Waals surface area (Å²) in [6, 6.07) is 36.1. The van der Waals surface area contributed by atoms with Gasteiger partial charge in [-0.05, 0) is 235 Å². The number of hydrogen-bond acceptors (Lipinski definition) is 22. The Kier molecular flexibility index (Phi) is 36.3. The summed E-state index contributed by atoms with van der Waals surface area (Å²) in [7, 11) is -5.90. The Balaban J connectivity index is 0.000000226. The number of nitro groups is 1. The van der Waals surface area contributed by atoms with Crippen LogP contribution in [0.2, 0.25) is 0 Å². The first-order valence-corrected chi connectivity index (χ1v) is 47.3. The first kappa shape index (κ1) is 88.6. The van der Waals surface area contributed by atoms with Crippen LogP contribution in [-0.2, 0) is 51.0 Å². The van der Waals surface area contributed by atoms with Crippen molar-refractivity contribution in [2.45, 2.75) is 121 Å². The summed E-state index contributed by atoms with van der Waals surface area (Å²) >= 11 is 20.1.